The van der Waals surface area contributed by atoms with Crippen molar-refractivity contribution in [2.75, 3.05) is 13.2 Å². The molecule has 1 spiro atoms. The molecule has 3 rings (SSSR count). The molecule has 1 aliphatic heterocycles. The molecule has 1 heterocycles. The average molecular weight is 389 g/mol. The number of hydrogen-bond acceptors (Lipinski definition) is 4. The van der Waals surface area contributed by atoms with E-state index in [0.29, 0.717) is 24.5 Å². The van der Waals surface area contributed by atoms with E-state index in [4.69, 9.17) is 4.74 Å². The predicted molar refractivity (Wildman–Crippen MR) is 107 cm³/mol. The Morgan fingerprint density at radius 1 is 1.25 bits per heavy atom. The van der Waals surface area contributed by atoms with Crippen molar-refractivity contribution < 1.29 is 19.4 Å². The first-order valence-electron chi connectivity index (χ1n) is 10.3. The van der Waals surface area contributed by atoms with Gasteiger partial charge in [-0.2, -0.15) is 0 Å². The fourth-order valence-corrected chi connectivity index (χ4v) is 4.33. The van der Waals surface area contributed by atoms with Gasteiger partial charge < -0.3 is 15.2 Å². The Bertz CT molecular complexity index is 696. The summed E-state index contributed by atoms with van der Waals surface area (Å²) in [4.78, 5) is 26.6. The summed E-state index contributed by atoms with van der Waals surface area (Å²) in [6.45, 7) is 6.73. The van der Waals surface area contributed by atoms with Gasteiger partial charge in [-0.1, -0.05) is 45.4 Å². The van der Waals surface area contributed by atoms with Crippen LogP contribution in [0.25, 0.3) is 0 Å². The maximum absolute atomic E-state index is 13.0. The van der Waals surface area contributed by atoms with E-state index in [2.05, 4.69) is 26.1 Å². The smallest absolute Gasteiger partial charge is 0.325 e. The molecule has 2 fully saturated rings. The van der Waals surface area contributed by atoms with E-state index in [-0.39, 0.29) is 24.5 Å². The first-order chi connectivity index (χ1) is 13.3. The topological polar surface area (TPSA) is 78.9 Å². The van der Waals surface area contributed by atoms with Crippen molar-refractivity contribution in [2.45, 2.75) is 64.5 Å². The lowest BCUT2D eigenvalue weighted by molar-refractivity contribution is -0.134. The number of urea groups is 1. The number of benzene rings is 1. The van der Waals surface area contributed by atoms with E-state index >= 15 is 0 Å². The predicted octanol–water partition coefficient (Wildman–Crippen LogP) is 3.34. The molecule has 2 N–H and O–H groups in total. The highest BCUT2D eigenvalue weighted by molar-refractivity contribution is 6.07. The van der Waals surface area contributed by atoms with Gasteiger partial charge in [0.1, 0.15) is 24.0 Å². The van der Waals surface area contributed by atoms with Gasteiger partial charge in [0.15, 0.2) is 0 Å². The molecule has 154 valence electrons. The van der Waals surface area contributed by atoms with Crippen LogP contribution < -0.4 is 10.1 Å². The van der Waals surface area contributed by atoms with Gasteiger partial charge in [-0.05, 0) is 49.1 Å². The molecule has 1 unspecified atom stereocenters. The molecule has 1 aliphatic carbocycles. The lowest BCUT2D eigenvalue weighted by Crippen LogP contribution is -2.51. The summed E-state index contributed by atoms with van der Waals surface area (Å²) in [6.07, 6.45) is 3.36. The zero-order valence-corrected chi connectivity index (χ0v) is 17.1. The van der Waals surface area contributed by atoms with Crippen LogP contribution in [-0.4, -0.2) is 46.7 Å². The summed E-state index contributed by atoms with van der Waals surface area (Å²) < 4.78 is 5.53. The number of β-amino-alcohol motifs (C(OH)–C–C–N with tert-alkyl or cyclic N) is 1. The Kier molecular flexibility index (Phi) is 5.98. The van der Waals surface area contributed by atoms with Crippen molar-refractivity contribution in [2.24, 2.45) is 11.3 Å². The van der Waals surface area contributed by atoms with Crippen LogP contribution in [0.1, 0.15) is 52.9 Å². The summed E-state index contributed by atoms with van der Waals surface area (Å²) in [7, 11) is 0. The third-order valence-corrected chi connectivity index (χ3v) is 6.68. The Labute approximate surface area is 167 Å². The Morgan fingerprint density at radius 2 is 1.89 bits per heavy atom. The van der Waals surface area contributed by atoms with Crippen molar-refractivity contribution in [1.29, 1.82) is 0 Å². The van der Waals surface area contributed by atoms with Crippen molar-refractivity contribution in [3.05, 3.63) is 30.3 Å². The fraction of sp³-hybridized carbons (Fsp3) is 0.636. The summed E-state index contributed by atoms with van der Waals surface area (Å²) >= 11 is 0. The van der Waals surface area contributed by atoms with Gasteiger partial charge in [0, 0.05) is 0 Å². The Balaban J connectivity index is 1.56. The van der Waals surface area contributed by atoms with E-state index in [1.807, 2.05) is 18.2 Å². The van der Waals surface area contributed by atoms with E-state index in [1.54, 1.807) is 12.1 Å². The van der Waals surface area contributed by atoms with E-state index < -0.39 is 17.7 Å². The number of carbonyl (C=O) groups is 2. The molecule has 6 heteroatoms. The number of hydrogen-bond donors (Lipinski definition) is 2. The van der Waals surface area contributed by atoms with E-state index in [0.717, 1.165) is 24.2 Å². The van der Waals surface area contributed by atoms with Gasteiger partial charge in [0.25, 0.3) is 5.91 Å². The minimum Gasteiger partial charge on any atom is -0.491 e. The SMILES string of the molecule is CCC(C)(C)C1CCC2(CC1)NC(=O)N(CC(O)COc1ccccc1)C2=O. The second-order valence-electron chi connectivity index (χ2n) is 8.82. The van der Waals surface area contributed by atoms with Crippen molar-refractivity contribution in [1.82, 2.24) is 10.2 Å². The Morgan fingerprint density at radius 3 is 2.50 bits per heavy atom. The molecule has 1 atom stereocenters. The normalized spacial score (nSPS) is 26.4. The van der Waals surface area contributed by atoms with Gasteiger partial charge >= 0.3 is 6.03 Å². The number of amides is 3. The van der Waals surface area contributed by atoms with E-state index in [9.17, 15) is 14.7 Å². The van der Waals surface area contributed by atoms with Crippen LogP contribution in [0.15, 0.2) is 30.3 Å². The molecule has 1 aromatic rings. The number of nitrogens with one attached hydrogen (secondary N) is 1. The quantitative estimate of drug-likeness (QED) is 0.702. The largest absolute Gasteiger partial charge is 0.491 e. The summed E-state index contributed by atoms with van der Waals surface area (Å²) in [5.41, 5.74) is -0.546. The lowest BCUT2D eigenvalue weighted by atomic mass is 9.65. The van der Waals surface area contributed by atoms with Crippen LogP contribution in [0.4, 0.5) is 4.79 Å². The van der Waals surface area contributed by atoms with Gasteiger partial charge in [0.05, 0.1) is 6.54 Å². The second-order valence-corrected chi connectivity index (χ2v) is 8.82. The lowest BCUT2D eigenvalue weighted by Gasteiger charge is -2.42. The van der Waals surface area contributed by atoms with Crippen molar-refractivity contribution >= 4 is 11.9 Å². The highest BCUT2D eigenvalue weighted by Gasteiger charge is 2.53. The molecule has 3 amide bonds. The van der Waals surface area contributed by atoms with Crippen LogP contribution in [-0.2, 0) is 4.79 Å². The number of aliphatic hydroxyl groups is 1. The van der Waals surface area contributed by atoms with Crippen LogP contribution in [0.3, 0.4) is 0 Å². The second kappa shape index (κ2) is 8.11. The van der Waals surface area contributed by atoms with Gasteiger partial charge in [-0.25, -0.2) is 4.79 Å². The zero-order valence-electron chi connectivity index (χ0n) is 17.1. The van der Waals surface area contributed by atoms with Crippen molar-refractivity contribution in [3.8, 4) is 5.75 Å². The molecule has 2 aliphatic rings. The molecular formula is C22H32N2O4. The van der Waals surface area contributed by atoms with Crippen LogP contribution in [0, 0.1) is 11.3 Å². The van der Waals surface area contributed by atoms with Gasteiger partial charge in [-0.3, -0.25) is 9.69 Å². The van der Waals surface area contributed by atoms with Crippen LogP contribution in [0.5, 0.6) is 5.75 Å². The number of imide groups is 1. The Hall–Kier alpha value is -2.08. The first kappa shape index (κ1) is 20.6. The van der Waals surface area contributed by atoms with Crippen molar-refractivity contribution in [3.63, 3.8) is 0 Å². The highest BCUT2D eigenvalue weighted by atomic mass is 16.5. The molecule has 1 aromatic carbocycles. The molecule has 6 nitrogen and oxygen atoms in total. The number of aliphatic hydroxyl groups excluding tert-OH is 1. The van der Waals surface area contributed by atoms with Gasteiger partial charge in [0.2, 0.25) is 0 Å². The minimum atomic E-state index is -0.930. The number of para-hydroxylation sites is 1. The molecule has 1 saturated carbocycles. The van der Waals surface area contributed by atoms with E-state index in [1.165, 1.54) is 0 Å². The third kappa shape index (κ3) is 4.17. The third-order valence-electron chi connectivity index (χ3n) is 6.68. The maximum atomic E-state index is 13.0. The molecule has 1 saturated heterocycles. The minimum absolute atomic E-state index is 0.0286. The molecule has 0 bridgehead atoms. The number of nitrogens with zero attached hydrogens (tertiary/aromatic N) is 1. The number of carbonyl (C=O) groups excluding carboxylic acids is 2. The molecule has 0 radical (unpaired) electrons. The summed E-state index contributed by atoms with van der Waals surface area (Å²) in [5, 5.41) is 13.2. The summed E-state index contributed by atoms with van der Waals surface area (Å²) in [5.74, 6) is 1.00. The van der Waals surface area contributed by atoms with Crippen LogP contribution in [0.2, 0.25) is 0 Å². The monoisotopic (exact) mass is 388 g/mol. The highest BCUT2D eigenvalue weighted by Crippen LogP contribution is 2.45. The summed E-state index contributed by atoms with van der Waals surface area (Å²) in [6, 6.07) is 8.76. The van der Waals surface area contributed by atoms with Gasteiger partial charge in [-0.15, -0.1) is 0 Å². The first-order valence-corrected chi connectivity index (χ1v) is 10.3. The number of rotatable bonds is 7. The van der Waals surface area contributed by atoms with Crippen LogP contribution >= 0.6 is 0 Å². The fourth-order valence-electron chi connectivity index (χ4n) is 4.33. The molecule has 28 heavy (non-hydrogen) atoms. The number of ether oxygens (including phenoxy) is 1. The molecule has 0 aromatic heterocycles. The standard InChI is InChI=1S/C22H32N2O4/c1-4-21(2,3)16-10-12-22(13-11-16)19(26)24(20(27)23-22)14-17(25)15-28-18-8-6-5-7-9-18/h5-9,16-17,25H,4,10-15H2,1-3H3,(H,23,27). The molecular weight excluding hydrogens is 356 g/mol. The zero-order chi connectivity index (χ0) is 20.4. The maximum Gasteiger partial charge on any atom is 0.325 e. The average Bonchev–Trinajstić information content (AvgIpc) is 2.91.